The van der Waals surface area contributed by atoms with Gasteiger partial charge in [-0.3, -0.25) is 14.5 Å². The molecule has 0 unspecified atom stereocenters. The fourth-order valence-electron chi connectivity index (χ4n) is 2.18. The van der Waals surface area contributed by atoms with Crippen molar-refractivity contribution in [1.82, 2.24) is 4.72 Å². The van der Waals surface area contributed by atoms with Gasteiger partial charge in [-0.25, -0.2) is 12.8 Å². The second kappa shape index (κ2) is 6.21. The smallest absolute Gasteiger partial charge is 0.263 e. The second-order valence-corrected chi connectivity index (χ2v) is 7.00. The SMILES string of the molecule is O=C(CN=C1NS(=O)(=O)c2ccccc21)Nc1ccc(Cl)c(F)c1. The number of nitrogens with one attached hydrogen (secondary N) is 2. The van der Waals surface area contributed by atoms with Crippen molar-refractivity contribution in [2.24, 2.45) is 4.99 Å². The molecule has 0 saturated carbocycles. The van der Waals surface area contributed by atoms with Crippen molar-refractivity contribution in [1.29, 1.82) is 0 Å². The summed E-state index contributed by atoms with van der Waals surface area (Å²) < 4.78 is 39.5. The number of anilines is 1. The van der Waals surface area contributed by atoms with E-state index in [1.807, 2.05) is 0 Å². The topological polar surface area (TPSA) is 87.6 Å². The zero-order valence-corrected chi connectivity index (χ0v) is 13.7. The molecular weight excluding hydrogens is 357 g/mol. The number of rotatable bonds is 3. The lowest BCUT2D eigenvalue weighted by molar-refractivity contribution is -0.114. The monoisotopic (exact) mass is 367 g/mol. The molecular formula is C15H11ClFN3O3S. The van der Waals surface area contributed by atoms with E-state index in [1.165, 1.54) is 18.2 Å². The summed E-state index contributed by atoms with van der Waals surface area (Å²) in [5.41, 5.74) is 0.636. The van der Waals surface area contributed by atoms with E-state index in [-0.39, 0.29) is 28.0 Å². The Hall–Kier alpha value is -2.45. The first-order chi connectivity index (χ1) is 11.4. The van der Waals surface area contributed by atoms with Crippen LogP contribution in [0.3, 0.4) is 0 Å². The lowest BCUT2D eigenvalue weighted by Crippen LogP contribution is -2.24. The van der Waals surface area contributed by atoms with E-state index >= 15 is 0 Å². The molecule has 0 fully saturated rings. The van der Waals surface area contributed by atoms with Gasteiger partial charge < -0.3 is 5.32 Å². The number of amidine groups is 1. The van der Waals surface area contributed by atoms with Crippen molar-refractivity contribution in [3.05, 3.63) is 58.9 Å². The van der Waals surface area contributed by atoms with Crippen LogP contribution in [-0.2, 0) is 14.8 Å². The lowest BCUT2D eigenvalue weighted by Gasteiger charge is -2.04. The highest BCUT2D eigenvalue weighted by Crippen LogP contribution is 2.22. The predicted octanol–water partition coefficient (Wildman–Crippen LogP) is 2.16. The Labute approximate surface area is 142 Å². The van der Waals surface area contributed by atoms with Gasteiger partial charge in [-0.2, -0.15) is 0 Å². The first kappa shape index (κ1) is 16.4. The molecule has 3 rings (SSSR count). The van der Waals surface area contributed by atoms with Crippen LogP contribution in [0.4, 0.5) is 10.1 Å². The number of benzene rings is 2. The maximum atomic E-state index is 13.3. The normalized spacial score (nSPS) is 16.5. The minimum absolute atomic E-state index is 0.0507. The van der Waals surface area contributed by atoms with Crippen LogP contribution in [-0.4, -0.2) is 26.7 Å². The molecule has 1 amide bonds. The van der Waals surface area contributed by atoms with Gasteiger partial charge in [0, 0.05) is 11.3 Å². The molecule has 0 atom stereocenters. The Morgan fingerprint density at radius 2 is 2.00 bits per heavy atom. The Kier molecular flexibility index (Phi) is 4.25. The molecule has 0 bridgehead atoms. The summed E-state index contributed by atoms with van der Waals surface area (Å²) in [6, 6.07) is 10.2. The van der Waals surface area contributed by atoms with E-state index in [1.54, 1.807) is 18.2 Å². The van der Waals surface area contributed by atoms with E-state index < -0.39 is 21.7 Å². The number of amides is 1. The van der Waals surface area contributed by atoms with Gasteiger partial charge in [0.05, 0.1) is 9.92 Å². The molecule has 124 valence electrons. The van der Waals surface area contributed by atoms with Crippen molar-refractivity contribution >= 4 is 39.1 Å². The maximum absolute atomic E-state index is 13.3. The highest BCUT2D eigenvalue weighted by Gasteiger charge is 2.30. The fourth-order valence-corrected chi connectivity index (χ4v) is 3.55. The summed E-state index contributed by atoms with van der Waals surface area (Å²) in [6.45, 7) is -0.323. The molecule has 1 aliphatic rings. The quantitative estimate of drug-likeness (QED) is 0.871. The number of carbonyl (C=O) groups excluding carboxylic acids is 1. The number of hydrogen-bond donors (Lipinski definition) is 2. The van der Waals surface area contributed by atoms with E-state index in [0.717, 1.165) is 6.07 Å². The van der Waals surface area contributed by atoms with Gasteiger partial charge in [0.15, 0.2) is 0 Å². The van der Waals surface area contributed by atoms with Crippen LogP contribution in [0.5, 0.6) is 0 Å². The number of fused-ring (bicyclic) bond motifs is 1. The van der Waals surface area contributed by atoms with E-state index in [0.29, 0.717) is 5.56 Å². The van der Waals surface area contributed by atoms with E-state index in [4.69, 9.17) is 11.6 Å². The average molecular weight is 368 g/mol. The van der Waals surface area contributed by atoms with Gasteiger partial charge in [-0.1, -0.05) is 23.7 Å². The van der Waals surface area contributed by atoms with Crippen molar-refractivity contribution in [3.63, 3.8) is 0 Å². The number of hydrogen-bond acceptors (Lipinski definition) is 4. The van der Waals surface area contributed by atoms with Gasteiger partial charge in [-0.05, 0) is 30.3 Å². The minimum atomic E-state index is -3.65. The average Bonchev–Trinajstić information content (AvgIpc) is 2.80. The molecule has 1 heterocycles. The summed E-state index contributed by atoms with van der Waals surface area (Å²) in [4.78, 5) is 16.0. The van der Waals surface area contributed by atoms with Crippen LogP contribution in [0.2, 0.25) is 5.02 Å². The molecule has 0 radical (unpaired) electrons. The number of halogens is 2. The Balaban J connectivity index is 1.74. The standard InChI is InChI=1S/C15H11ClFN3O3S/c16-11-6-5-9(7-12(11)17)19-14(21)8-18-15-10-3-1-2-4-13(10)24(22,23)20-15/h1-7H,8H2,(H,18,20)(H,19,21). The number of carbonyl (C=O) groups is 1. The molecule has 1 aliphatic heterocycles. The molecule has 24 heavy (non-hydrogen) atoms. The fraction of sp³-hybridized carbons (Fsp3) is 0.0667. The van der Waals surface area contributed by atoms with Crippen LogP contribution in [0.25, 0.3) is 0 Å². The first-order valence-electron chi connectivity index (χ1n) is 6.78. The zero-order chi connectivity index (χ0) is 17.3. The third-order valence-corrected chi connectivity index (χ3v) is 4.95. The molecule has 0 aliphatic carbocycles. The van der Waals surface area contributed by atoms with Crippen molar-refractivity contribution in [2.45, 2.75) is 4.90 Å². The first-order valence-corrected chi connectivity index (χ1v) is 8.64. The van der Waals surface area contributed by atoms with Gasteiger partial charge in [-0.15, -0.1) is 0 Å². The molecule has 2 N–H and O–H groups in total. The third-order valence-electron chi connectivity index (χ3n) is 3.25. The molecule has 6 nitrogen and oxygen atoms in total. The van der Waals surface area contributed by atoms with Gasteiger partial charge in [0.1, 0.15) is 18.2 Å². The summed E-state index contributed by atoms with van der Waals surface area (Å²) in [5, 5.41) is 2.41. The minimum Gasteiger partial charge on any atom is -0.324 e. The number of sulfonamides is 1. The van der Waals surface area contributed by atoms with E-state index in [2.05, 4.69) is 15.0 Å². The second-order valence-electron chi connectivity index (χ2n) is 4.94. The molecule has 9 heteroatoms. The van der Waals surface area contributed by atoms with Crippen LogP contribution in [0.15, 0.2) is 52.4 Å². The van der Waals surface area contributed by atoms with Gasteiger partial charge in [0.2, 0.25) is 5.91 Å². The molecule has 2 aromatic rings. The highest BCUT2D eigenvalue weighted by atomic mass is 35.5. The Bertz CT molecular complexity index is 960. The summed E-state index contributed by atoms with van der Waals surface area (Å²) in [7, 11) is -3.65. The molecule has 0 aromatic heterocycles. The largest absolute Gasteiger partial charge is 0.324 e. The molecule has 0 saturated heterocycles. The van der Waals surface area contributed by atoms with Crippen LogP contribution >= 0.6 is 11.6 Å². The van der Waals surface area contributed by atoms with Crippen LogP contribution < -0.4 is 10.0 Å². The lowest BCUT2D eigenvalue weighted by atomic mass is 10.2. The molecule has 0 spiro atoms. The number of aliphatic imine (C=N–C) groups is 1. The maximum Gasteiger partial charge on any atom is 0.263 e. The summed E-state index contributed by atoms with van der Waals surface area (Å²) >= 11 is 5.56. The number of nitrogens with zero attached hydrogens (tertiary/aromatic N) is 1. The van der Waals surface area contributed by atoms with Crippen LogP contribution in [0.1, 0.15) is 5.56 Å². The zero-order valence-electron chi connectivity index (χ0n) is 12.1. The van der Waals surface area contributed by atoms with Crippen molar-refractivity contribution in [2.75, 3.05) is 11.9 Å². The van der Waals surface area contributed by atoms with Crippen molar-refractivity contribution < 1.29 is 17.6 Å². The highest BCUT2D eigenvalue weighted by molar-refractivity contribution is 7.90. The predicted molar refractivity (Wildman–Crippen MR) is 88.2 cm³/mol. The van der Waals surface area contributed by atoms with Crippen molar-refractivity contribution in [3.8, 4) is 0 Å². The summed E-state index contributed by atoms with van der Waals surface area (Å²) in [5.74, 6) is -1.07. The Morgan fingerprint density at radius 1 is 1.25 bits per heavy atom. The Morgan fingerprint density at radius 3 is 2.75 bits per heavy atom. The van der Waals surface area contributed by atoms with Gasteiger partial charge in [0.25, 0.3) is 10.0 Å². The van der Waals surface area contributed by atoms with E-state index in [9.17, 15) is 17.6 Å². The van der Waals surface area contributed by atoms with Gasteiger partial charge >= 0.3 is 0 Å². The molecule has 2 aromatic carbocycles. The third kappa shape index (κ3) is 3.24. The van der Waals surface area contributed by atoms with Crippen LogP contribution in [0, 0.1) is 5.82 Å². The summed E-state index contributed by atoms with van der Waals surface area (Å²) in [6.07, 6.45) is 0.